The molecule has 4 rings (SSSR count). The third-order valence-corrected chi connectivity index (χ3v) is 6.22. The van der Waals surface area contributed by atoms with Crippen molar-refractivity contribution in [1.29, 1.82) is 0 Å². The maximum Gasteiger partial charge on any atom is 0.309 e. The number of ether oxygens (including phenoxy) is 1. The molecule has 1 saturated carbocycles. The van der Waals surface area contributed by atoms with Crippen molar-refractivity contribution in [1.82, 2.24) is 19.9 Å². The fourth-order valence-corrected chi connectivity index (χ4v) is 4.44. The van der Waals surface area contributed by atoms with E-state index in [0.717, 1.165) is 64.1 Å². The largest absolute Gasteiger partial charge is 0.463 e. The summed E-state index contributed by atoms with van der Waals surface area (Å²) in [5.74, 6) is -0.172. The van der Waals surface area contributed by atoms with Crippen LogP contribution in [0.2, 0.25) is 0 Å². The van der Waals surface area contributed by atoms with Gasteiger partial charge in [-0.1, -0.05) is 42.7 Å². The lowest BCUT2D eigenvalue weighted by Crippen LogP contribution is -2.46. The first-order valence-electron chi connectivity index (χ1n) is 11.4. The summed E-state index contributed by atoms with van der Waals surface area (Å²) in [4.78, 5) is 16.9. The molecule has 168 valence electrons. The van der Waals surface area contributed by atoms with Gasteiger partial charge < -0.3 is 14.7 Å². The molecule has 8 heteroatoms. The average molecular weight is 428 g/mol. The normalized spacial score (nSPS) is 19.3. The molecule has 2 aromatic rings. The van der Waals surface area contributed by atoms with Crippen molar-refractivity contribution < 1.29 is 14.6 Å². The van der Waals surface area contributed by atoms with Crippen molar-refractivity contribution in [2.75, 3.05) is 37.7 Å². The van der Waals surface area contributed by atoms with Gasteiger partial charge in [-0.2, -0.15) is 0 Å². The number of para-hydroxylation sites is 1. The van der Waals surface area contributed by atoms with Crippen LogP contribution in [0.5, 0.6) is 0 Å². The quantitative estimate of drug-likeness (QED) is 0.646. The summed E-state index contributed by atoms with van der Waals surface area (Å²) in [6, 6.07) is 10.5. The lowest BCUT2D eigenvalue weighted by Gasteiger charge is -2.35. The molecule has 1 aromatic heterocycles. The van der Waals surface area contributed by atoms with E-state index < -0.39 is 6.10 Å². The molecule has 2 fully saturated rings. The van der Waals surface area contributed by atoms with Gasteiger partial charge in [0.15, 0.2) is 0 Å². The Kier molecular flexibility index (Phi) is 7.53. The summed E-state index contributed by atoms with van der Waals surface area (Å²) in [7, 11) is 0. The minimum absolute atomic E-state index is 0.00119. The van der Waals surface area contributed by atoms with E-state index in [1.807, 2.05) is 12.3 Å². The second-order valence-electron chi connectivity index (χ2n) is 8.65. The Labute approximate surface area is 183 Å². The summed E-state index contributed by atoms with van der Waals surface area (Å²) >= 11 is 0. The van der Waals surface area contributed by atoms with Crippen molar-refractivity contribution in [2.45, 2.75) is 51.3 Å². The van der Waals surface area contributed by atoms with E-state index in [4.69, 9.17) is 4.74 Å². The molecule has 1 N–H and O–H groups in total. The fraction of sp³-hybridized carbons (Fsp3) is 0.609. The topological polar surface area (TPSA) is 83.7 Å². The van der Waals surface area contributed by atoms with Crippen LogP contribution in [0.3, 0.4) is 0 Å². The van der Waals surface area contributed by atoms with Crippen molar-refractivity contribution in [2.24, 2.45) is 5.92 Å². The van der Waals surface area contributed by atoms with Crippen LogP contribution in [-0.2, 0) is 22.6 Å². The lowest BCUT2D eigenvalue weighted by molar-refractivity contribution is -0.152. The van der Waals surface area contributed by atoms with E-state index in [0.29, 0.717) is 0 Å². The Balaban J connectivity index is 1.17. The van der Waals surface area contributed by atoms with Crippen LogP contribution in [0.4, 0.5) is 5.69 Å². The number of piperazine rings is 1. The fourth-order valence-electron chi connectivity index (χ4n) is 4.44. The number of hydrogen-bond donors (Lipinski definition) is 1. The molecule has 8 nitrogen and oxygen atoms in total. The minimum atomic E-state index is -0.781. The van der Waals surface area contributed by atoms with Gasteiger partial charge in [-0.05, 0) is 25.0 Å². The van der Waals surface area contributed by atoms with E-state index in [-0.39, 0.29) is 25.0 Å². The van der Waals surface area contributed by atoms with E-state index in [1.54, 1.807) is 4.68 Å². The molecule has 2 aliphatic rings. The molecule has 31 heavy (non-hydrogen) atoms. The number of aliphatic hydroxyl groups excluding tert-OH is 1. The first-order valence-corrected chi connectivity index (χ1v) is 11.4. The van der Waals surface area contributed by atoms with Gasteiger partial charge in [-0.3, -0.25) is 9.69 Å². The summed E-state index contributed by atoms with van der Waals surface area (Å²) in [5, 5.41) is 18.6. The number of aliphatic hydroxyl groups is 1. The smallest absolute Gasteiger partial charge is 0.309 e. The van der Waals surface area contributed by atoms with Crippen LogP contribution in [-0.4, -0.2) is 69.9 Å². The molecule has 0 bridgehead atoms. The van der Waals surface area contributed by atoms with E-state index >= 15 is 0 Å². The monoisotopic (exact) mass is 427 g/mol. The highest BCUT2D eigenvalue weighted by atomic mass is 16.5. The number of benzene rings is 1. The zero-order chi connectivity index (χ0) is 21.5. The van der Waals surface area contributed by atoms with Crippen LogP contribution in [0, 0.1) is 5.92 Å². The minimum Gasteiger partial charge on any atom is -0.463 e. The number of nitrogens with zero attached hydrogens (tertiary/aromatic N) is 5. The van der Waals surface area contributed by atoms with Gasteiger partial charge in [0.2, 0.25) is 0 Å². The molecule has 2 heterocycles. The molecule has 1 saturated heterocycles. The number of carbonyl (C=O) groups excluding carboxylic acids is 1. The molecule has 0 spiro atoms. The third kappa shape index (κ3) is 6.27. The molecular formula is C23H33N5O3. The molecule has 1 unspecified atom stereocenters. The third-order valence-electron chi connectivity index (χ3n) is 6.22. The van der Waals surface area contributed by atoms with Gasteiger partial charge in [0, 0.05) is 44.6 Å². The Hall–Kier alpha value is -2.45. The summed E-state index contributed by atoms with van der Waals surface area (Å²) < 4.78 is 6.96. The van der Waals surface area contributed by atoms with Crippen LogP contribution in [0.1, 0.15) is 37.8 Å². The van der Waals surface area contributed by atoms with Crippen LogP contribution in [0.15, 0.2) is 36.5 Å². The van der Waals surface area contributed by atoms with E-state index in [9.17, 15) is 9.90 Å². The average Bonchev–Trinajstić information content (AvgIpc) is 3.25. The SMILES string of the molecule is O=C(OCC(O)Cn1cc(CN2CCN(c3ccccc3)CC2)nn1)C1CCCCC1. The second kappa shape index (κ2) is 10.7. The molecule has 1 aliphatic heterocycles. The molecular weight excluding hydrogens is 394 g/mol. The van der Waals surface area contributed by atoms with Crippen molar-refractivity contribution in [3.8, 4) is 0 Å². The van der Waals surface area contributed by atoms with Crippen LogP contribution >= 0.6 is 0 Å². The Morgan fingerprint density at radius 1 is 1.10 bits per heavy atom. The van der Waals surface area contributed by atoms with Gasteiger partial charge in [-0.25, -0.2) is 4.68 Å². The molecule has 1 atom stereocenters. The van der Waals surface area contributed by atoms with Gasteiger partial charge >= 0.3 is 5.97 Å². The van der Waals surface area contributed by atoms with E-state index in [1.165, 1.54) is 12.1 Å². The second-order valence-corrected chi connectivity index (χ2v) is 8.65. The summed E-state index contributed by atoms with van der Waals surface area (Å²) in [6.45, 7) is 4.95. The van der Waals surface area contributed by atoms with Crippen molar-refractivity contribution >= 4 is 11.7 Å². The predicted molar refractivity (Wildman–Crippen MR) is 117 cm³/mol. The highest BCUT2D eigenvalue weighted by Crippen LogP contribution is 2.24. The molecule has 1 aromatic carbocycles. The molecule has 1 aliphatic carbocycles. The first kappa shape index (κ1) is 21.8. The maximum atomic E-state index is 12.1. The van der Waals surface area contributed by atoms with Crippen molar-refractivity contribution in [3.63, 3.8) is 0 Å². The zero-order valence-corrected chi connectivity index (χ0v) is 18.1. The van der Waals surface area contributed by atoms with Gasteiger partial charge in [-0.15, -0.1) is 5.10 Å². The van der Waals surface area contributed by atoms with Gasteiger partial charge in [0.25, 0.3) is 0 Å². The highest BCUT2D eigenvalue weighted by Gasteiger charge is 2.23. The number of rotatable bonds is 8. The maximum absolute atomic E-state index is 12.1. The van der Waals surface area contributed by atoms with Crippen LogP contribution in [0.25, 0.3) is 0 Å². The predicted octanol–water partition coefficient (Wildman–Crippen LogP) is 2.08. The van der Waals surface area contributed by atoms with E-state index in [2.05, 4.69) is 44.4 Å². The highest BCUT2D eigenvalue weighted by molar-refractivity contribution is 5.72. The zero-order valence-electron chi connectivity index (χ0n) is 18.1. The summed E-state index contributed by atoms with van der Waals surface area (Å²) in [5.41, 5.74) is 2.16. The standard InChI is InChI=1S/C23H33N5O3/c29-22(18-31-23(30)19-7-3-1-4-8-19)17-28-16-20(24-25-28)15-26-11-13-27(14-12-26)21-9-5-2-6-10-21/h2,5-6,9-10,16,19,22,29H,1,3-4,7-8,11-15,17-18H2. The lowest BCUT2D eigenvalue weighted by atomic mass is 9.89. The Bertz CT molecular complexity index is 814. The number of anilines is 1. The van der Waals surface area contributed by atoms with Crippen LogP contribution < -0.4 is 4.90 Å². The molecule has 0 radical (unpaired) electrons. The van der Waals surface area contributed by atoms with Gasteiger partial charge in [0.1, 0.15) is 12.7 Å². The number of carbonyl (C=O) groups is 1. The Morgan fingerprint density at radius 3 is 2.58 bits per heavy atom. The Morgan fingerprint density at radius 2 is 1.84 bits per heavy atom. The number of esters is 1. The molecule has 0 amide bonds. The van der Waals surface area contributed by atoms with Crippen molar-refractivity contribution in [3.05, 3.63) is 42.2 Å². The number of hydrogen-bond acceptors (Lipinski definition) is 7. The first-order chi connectivity index (χ1) is 15.2. The van der Waals surface area contributed by atoms with Gasteiger partial charge in [0.05, 0.1) is 18.2 Å². The number of aromatic nitrogens is 3. The summed E-state index contributed by atoms with van der Waals surface area (Å²) in [6.07, 6.45) is 6.27.